The minimum atomic E-state index is -3.59. The van der Waals surface area contributed by atoms with Crippen molar-refractivity contribution in [1.29, 1.82) is 0 Å². The molecule has 3 N–H and O–H groups in total. The molecule has 134 valence electrons. The molecule has 1 aromatic rings. The lowest BCUT2D eigenvalue weighted by molar-refractivity contribution is 0.0940. The molecule has 24 heavy (non-hydrogen) atoms. The summed E-state index contributed by atoms with van der Waals surface area (Å²) >= 11 is 0. The number of hydrogen-bond donors (Lipinski definition) is 2. The maximum Gasteiger partial charge on any atom is 0.251 e. The fraction of sp³-hybridized carbons (Fsp3) is 0.588. The second kappa shape index (κ2) is 7.63. The zero-order valence-electron chi connectivity index (χ0n) is 14.6. The van der Waals surface area contributed by atoms with Gasteiger partial charge in [-0.25, -0.2) is 8.42 Å². The zero-order chi connectivity index (χ0) is 17.9. The molecule has 7 heteroatoms. The largest absolute Gasteiger partial charge is 0.348 e. The van der Waals surface area contributed by atoms with Crippen LogP contribution in [-0.4, -0.2) is 43.8 Å². The van der Waals surface area contributed by atoms with Crippen molar-refractivity contribution in [2.24, 2.45) is 5.73 Å². The molecule has 1 saturated heterocycles. The molecular weight excluding hydrogens is 326 g/mol. The molecule has 1 amide bonds. The molecule has 1 fully saturated rings. The predicted molar refractivity (Wildman–Crippen MR) is 94.4 cm³/mol. The van der Waals surface area contributed by atoms with Gasteiger partial charge in [-0.2, -0.15) is 4.31 Å². The number of rotatable bonds is 5. The van der Waals surface area contributed by atoms with Crippen molar-refractivity contribution in [2.75, 3.05) is 13.1 Å². The summed E-state index contributed by atoms with van der Waals surface area (Å²) in [6.45, 7) is 6.39. The van der Waals surface area contributed by atoms with Crippen LogP contribution in [0.4, 0.5) is 0 Å². The number of carbonyl (C=O) groups is 1. The van der Waals surface area contributed by atoms with E-state index in [-0.39, 0.29) is 22.9 Å². The van der Waals surface area contributed by atoms with Crippen LogP contribution in [0.25, 0.3) is 0 Å². The summed E-state index contributed by atoms with van der Waals surface area (Å²) in [6, 6.07) is 4.56. The van der Waals surface area contributed by atoms with E-state index in [2.05, 4.69) is 5.32 Å². The lowest BCUT2D eigenvalue weighted by Gasteiger charge is -2.32. The van der Waals surface area contributed by atoms with Gasteiger partial charge >= 0.3 is 0 Å². The average molecular weight is 353 g/mol. The number of piperidine rings is 1. The first-order chi connectivity index (χ1) is 11.3. The Kier molecular flexibility index (Phi) is 6.01. The van der Waals surface area contributed by atoms with E-state index >= 15 is 0 Å². The maximum absolute atomic E-state index is 12.9. The monoisotopic (exact) mass is 353 g/mol. The number of sulfonamides is 1. The van der Waals surface area contributed by atoms with Crippen LogP contribution in [0, 0.1) is 6.92 Å². The molecule has 0 saturated carbocycles. The van der Waals surface area contributed by atoms with Crippen molar-refractivity contribution in [3.05, 3.63) is 29.3 Å². The van der Waals surface area contributed by atoms with Crippen molar-refractivity contribution in [1.82, 2.24) is 9.62 Å². The zero-order valence-corrected chi connectivity index (χ0v) is 15.4. The van der Waals surface area contributed by atoms with E-state index in [4.69, 9.17) is 5.73 Å². The van der Waals surface area contributed by atoms with Gasteiger partial charge < -0.3 is 11.1 Å². The van der Waals surface area contributed by atoms with Gasteiger partial charge in [0.15, 0.2) is 0 Å². The second-order valence-electron chi connectivity index (χ2n) is 6.55. The predicted octanol–water partition coefficient (Wildman–Crippen LogP) is 1.64. The molecule has 0 bridgehead atoms. The Bertz CT molecular complexity index is 703. The third-order valence-corrected chi connectivity index (χ3v) is 6.54. The first kappa shape index (κ1) is 18.9. The van der Waals surface area contributed by atoms with Gasteiger partial charge in [-0.3, -0.25) is 4.79 Å². The molecule has 0 spiro atoms. The Balaban J connectivity index is 2.34. The fourth-order valence-corrected chi connectivity index (χ4v) is 4.66. The molecule has 6 nitrogen and oxygen atoms in total. The number of carbonyl (C=O) groups excluding carboxylic acids is 1. The molecule has 1 heterocycles. The van der Waals surface area contributed by atoms with E-state index in [0.29, 0.717) is 18.7 Å². The average Bonchev–Trinajstić information content (AvgIpc) is 2.55. The molecule has 1 aliphatic rings. The van der Waals surface area contributed by atoms with E-state index < -0.39 is 10.0 Å². The van der Waals surface area contributed by atoms with E-state index in [0.717, 1.165) is 24.8 Å². The number of amides is 1. The summed E-state index contributed by atoms with van der Waals surface area (Å²) in [4.78, 5) is 12.6. The van der Waals surface area contributed by atoms with Crippen LogP contribution in [0.1, 0.15) is 49.0 Å². The third kappa shape index (κ3) is 3.96. The van der Waals surface area contributed by atoms with Crippen molar-refractivity contribution < 1.29 is 13.2 Å². The molecule has 0 aliphatic carbocycles. The van der Waals surface area contributed by atoms with Crippen LogP contribution in [0.3, 0.4) is 0 Å². The highest BCUT2D eigenvalue weighted by Crippen LogP contribution is 2.26. The Labute approximate surface area is 144 Å². The molecule has 1 unspecified atom stereocenters. The molecule has 0 aromatic heterocycles. The topological polar surface area (TPSA) is 92.5 Å². The lowest BCUT2D eigenvalue weighted by atomic mass is 10.1. The van der Waals surface area contributed by atoms with Gasteiger partial charge in [0.05, 0.1) is 4.90 Å². The standard InChI is InChI=1S/C17H27N3O3S/c1-12-7-8-15(10-16(12)17(21)19-13(2)11-18)24(22,23)20-9-5-4-6-14(20)3/h7-8,10,13-14H,4-6,9,11,18H2,1-3H3,(H,19,21)/t13-,14?/m0/s1. The normalized spacial score (nSPS) is 20.6. The Morgan fingerprint density at radius 3 is 2.75 bits per heavy atom. The summed E-state index contributed by atoms with van der Waals surface area (Å²) in [5, 5.41) is 2.78. The Morgan fingerprint density at radius 1 is 1.42 bits per heavy atom. The minimum Gasteiger partial charge on any atom is -0.348 e. The maximum atomic E-state index is 12.9. The van der Waals surface area contributed by atoms with Crippen LogP contribution in [0.2, 0.25) is 0 Å². The molecule has 1 aliphatic heterocycles. The SMILES string of the molecule is Cc1ccc(S(=O)(=O)N2CCCCC2C)cc1C(=O)N[C@@H](C)CN. The van der Waals surface area contributed by atoms with E-state index in [9.17, 15) is 13.2 Å². The fourth-order valence-electron chi connectivity index (χ4n) is 2.93. The molecular formula is C17H27N3O3S. The van der Waals surface area contributed by atoms with Gasteiger partial charge in [-0.15, -0.1) is 0 Å². The number of nitrogens with two attached hydrogens (primary N) is 1. The summed E-state index contributed by atoms with van der Waals surface area (Å²) in [7, 11) is -3.59. The highest BCUT2D eigenvalue weighted by Gasteiger charge is 2.31. The molecule has 1 aromatic carbocycles. The van der Waals surface area contributed by atoms with Crippen LogP contribution in [0.15, 0.2) is 23.1 Å². The molecule has 0 radical (unpaired) electrons. The van der Waals surface area contributed by atoms with Crippen molar-refractivity contribution >= 4 is 15.9 Å². The van der Waals surface area contributed by atoms with Gasteiger partial charge in [0.25, 0.3) is 5.91 Å². The summed E-state index contributed by atoms with van der Waals surface area (Å²) in [5.41, 5.74) is 6.65. The first-order valence-corrected chi connectivity index (χ1v) is 9.84. The number of hydrogen-bond acceptors (Lipinski definition) is 4. The van der Waals surface area contributed by atoms with Gasteiger partial charge in [-0.05, 0) is 51.3 Å². The van der Waals surface area contributed by atoms with Crippen LogP contribution >= 0.6 is 0 Å². The van der Waals surface area contributed by atoms with Crippen LogP contribution in [0.5, 0.6) is 0 Å². The van der Waals surface area contributed by atoms with Gasteiger partial charge in [-0.1, -0.05) is 12.5 Å². The first-order valence-electron chi connectivity index (χ1n) is 8.40. The summed E-state index contributed by atoms with van der Waals surface area (Å²) in [6.07, 6.45) is 2.79. The van der Waals surface area contributed by atoms with Crippen molar-refractivity contribution in [3.63, 3.8) is 0 Å². The highest BCUT2D eigenvalue weighted by molar-refractivity contribution is 7.89. The van der Waals surface area contributed by atoms with E-state index in [1.54, 1.807) is 23.4 Å². The smallest absolute Gasteiger partial charge is 0.251 e. The van der Waals surface area contributed by atoms with Crippen molar-refractivity contribution in [2.45, 2.75) is 57.0 Å². The Hall–Kier alpha value is -1.44. The number of aryl methyl sites for hydroxylation is 1. The second-order valence-corrected chi connectivity index (χ2v) is 8.44. The third-order valence-electron chi connectivity index (χ3n) is 4.53. The molecule has 2 atom stereocenters. The number of nitrogens with one attached hydrogen (secondary N) is 1. The highest BCUT2D eigenvalue weighted by atomic mass is 32.2. The quantitative estimate of drug-likeness (QED) is 0.841. The summed E-state index contributed by atoms with van der Waals surface area (Å²) < 4.78 is 27.4. The van der Waals surface area contributed by atoms with Crippen molar-refractivity contribution in [3.8, 4) is 0 Å². The van der Waals surface area contributed by atoms with E-state index in [1.165, 1.54) is 6.07 Å². The summed E-state index contributed by atoms with van der Waals surface area (Å²) in [5.74, 6) is -0.297. The van der Waals surface area contributed by atoms with E-state index in [1.807, 2.05) is 13.8 Å². The minimum absolute atomic E-state index is 0.0143. The van der Waals surface area contributed by atoms with Crippen LogP contribution in [-0.2, 0) is 10.0 Å². The molecule has 2 rings (SSSR count). The number of benzene rings is 1. The Morgan fingerprint density at radius 2 is 2.12 bits per heavy atom. The van der Waals surface area contributed by atoms with Gasteiger partial charge in [0.1, 0.15) is 0 Å². The van der Waals surface area contributed by atoms with Crippen LogP contribution < -0.4 is 11.1 Å². The van der Waals surface area contributed by atoms with Gasteiger partial charge in [0.2, 0.25) is 10.0 Å². The van der Waals surface area contributed by atoms with Gasteiger partial charge in [0, 0.05) is 30.7 Å². The lowest BCUT2D eigenvalue weighted by Crippen LogP contribution is -2.42. The number of nitrogens with zero attached hydrogens (tertiary/aromatic N) is 1.